The fraction of sp³-hybridized carbons (Fsp3) is 0.556. The normalized spacial score (nSPS) is 10.4. The number of nitrogen functional groups attached to an aromatic ring is 1. The van der Waals surface area contributed by atoms with Crippen LogP contribution in [-0.2, 0) is 4.74 Å². The molecule has 6 nitrogen and oxygen atoms in total. The van der Waals surface area contributed by atoms with E-state index in [1.54, 1.807) is 12.0 Å². The van der Waals surface area contributed by atoms with E-state index < -0.39 is 0 Å². The third-order valence-corrected chi connectivity index (χ3v) is 2.35. The lowest BCUT2D eigenvalue weighted by Gasteiger charge is -2.23. The minimum atomic E-state index is 0.00474. The maximum Gasteiger partial charge on any atom is 0.157 e. The summed E-state index contributed by atoms with van der Waals surface area (Å²) in [4.78, 5) is 9.62. The number of hydrogen-bond acceptors (Lipinski definition) is 6. The first-order valence-electron chi connectivity index (χ1n) is 4.81. The van der Waals surface area contributed by atoms with Crippen LogP contribution >= 0.6 is 11.6 Å². The lowest BCUT2D eigenvalue weighted by molar-refractivity contribution is 0.202. The van der Waals surface area contributed by atoms with Gasteiger partial charge in [0.15, 0.2) is 11.0 Å². The average molecular weight is 247 g/mol. The average Bonchev–Trinajstić information content (AvgIpc) is 2.28. The Hall–Kier alpha value is -1.11. The predicted molar refractivity (Wildman–Crippen MR) is 62.6 cm³/mol. The zero-order chi connectivity index (χ0) is 12.0. The second kappa shape index (κ2) is 6.47. The lowest BCUT2D eigenvalue weighted by atomic mass is 10.4. The Morgan fingerprint density at radius 2 is 2.25 bits per heavy atom. The standard InChI is InChI=1S/C9H15ClN4O2/c1-16-5-3-14(2-4-15)9-7(11)8(10)12-6-13-9/h6,15H,2-5,11H2,1H3. The van der Waals surface area contributed by atoms with Crippen LogP contribution in [0.3, 0.4) is 0 Å². The third kappa shape index (κ3) is 3.19. The first kappa shape index (κ1) is 13.0. The van der Waals surface area contributed by atoms with Gasteiger partial charge >= 0.3 is 0 Å². The van der Waals surface area contributed by atoms with Crippen LogP contribution in [-0.4, -0.2) is 48.5 Å². The number of nitrogens with two attached hydrogens (primary N) is 1. The molecule has 1 aromatic rings. The second-order valence-corrected chi connectivity index (χ2v) is 3.46. The Labute approximate surface area is 99.0 Å². The van der Waals surface area contributed by atoms with Gasteiger partial charge in [-0.2, -0.15) is 0 Å². The van der Waals surface area contributed by atoms with Gasteiger partial charge in [-0.1, -0.05) is 11.6 Å². The maximum absolute atomic E-state index is 8.96. The molecule has 0 unspecified atom stereocenters. The zero-order valence-electron chi connectivity index (χ0n) is 9.06. The van der Waals surface area contributed by atoms with Crippen molar-refractivity contribution < 1.29 is 9.84 Å². The van der Waals surface area contributed by atoms with Crippen molar-refractivity contribution in [3.63, 3.8) is 0 Å². The van der Waals surface area contributed by atoms with Crippen molar-refractivity contribution in [2.75, 3.05) is 44.0 Å². The van der Waals surface area contributed by atoms with Gasteiger partial charge in [0.2, 0.25) is 0 Å². The predicted octanol–water partition coefficient (Wildman–Crippen LogP) is 0.157. The summed E-state index contributed by atoms with van der Waals surface area (Å²) >= 11 is 5.80. The van der Waals surface area contributed by atoms with Crippen LogP contribution < -0.4 is 10.6 Å². The van der Waals surface area contributed by atoms with Crippen LogP contribution in [0.2, 0.25) is 5.15 Å². The highest BCUT2D eigenvalue weighted by molar-refractivity contribution is 6.32. The molecule has 1 heterocycles. The molecule has 0 saturated heterocycles. The molecule has 1 rings (SSSR count). The first-order valence-corrected chi connectivity index (χ1v) is 5.19. The minimum Gasteiger partial charge on any atom is -0.395 e. The van der Waals surface area contributed by atoms with Crippen LogP contribution in [0.4, 0.5) is 11.5 Å². The zero-order valence-corrected chi connectivity index (χ0v) is 9.81. The van der Waals surface area contributed by atoms with Crippen molar-refractivity contribution >= 4 is 23.1 Å². The van der Waals surface area contributed by atoms with E-state index in [1.165, 1.54) is 6.33 Å². The number of aliphatic hydroxyl groups is 1. The van der Waals surface area contributed by atoms with Gasteiger partial charge in [0.05, 0.1) is 13.2 Å². The molecule has 7 heteroatoms. The Bertz CT molecular complexity index is 337. The first-order chi connectivity index (χ1) is 7.70. The molecule has 0 saturated carbocycles. The summed E-state index contributed by atoms with van der Waals surface area (Å²) in [5.74, 6) is 0.520. The number of hydrogen-bond donors (Lipinski definition) is 2. The van der Waals surface area contributed by atoms with Gasteiger partial charge in [-0.05, 0) is 0 Å². The smallest absolute Gasteiger partial charge is 0.157 e. The molecule has 0 radical (unpaired) electrons. The summed E-state index contributed by atoms with van der Waals surface area (Å²) in [6, 6.07) is 0. The summed E-state index contributed by atoms with van der Waals surface area (Å²) in [6.07, 6.45) is 1.34. The number of aromatic nitrogens is 2. The van der Waals surface area contributed by atoms with Crippen molar-refractivity contribution in [2.45, 2.75) is 0 Å². The molecule has 1 aromatic heterocycles. The summed E-state index contributed by atoms with van der Waals surface area (Å²) in [5, 5.41) is 9.17. The maximum atomic E-state index is 8.96. The highest BCUT2D eigenvalue weighted by Gasteiger charge is 2.13. The van der Waals surface area contributed by atoms with E-state index in [0.29, 0.717) is 31.2 Å². The van der Waals surface area contributed by atoms with E-state index >= 15 is 0 Å². The molecular formula is C9H15ClN4O2. The molecule has 0 bridgehead atoms. The highest BCUT2D eigenvalue weighted by Crippen LogP contribution is 2.25. The summed E-state index contributed by atoms with van der Waals surface area (Å²) in [7, 11) is 1.60. The fourth-order valence-electron chi connectivity index (χ4n) is 1.26. The minimum absolute atomic E-state index is 0.00474. The Morgan fingerprint density at radius 1 is 1.50 bits per heavy atom. The number of halogens is 1. The van der Waals surface area contributed by atoms with Crippen LogP contribution in [0.25, 0.3) is 0 Å². The molecule has 0 aliphatic carbocycles. The van der Waals surface area contributed by atoms with Crippen LogP contribution in [0, 0.1) is 0 Å². The van der Waals surface area contributed by atoms with Gasteiger partial charge in [0.1, 0.15) is 12.0 Å². The molecule has 0 amide bonds. The molecule has 0 fully saturated rings. The number of ether oxygens (including phenoxy) is 1. The second-order valence-electron chi connectivity index (χ2n) is 3.11. The lowest BCUT2D eigenvalue weighted by Crippen LogP contribution is -2.31. The van der Waals surface area contributed by atoms with Gasteiger partial charge in [-0.3, -0.25) is 0 Å². The Kier molecular flexibility index (Phi) is 5.24. The van der Waals surface area contributed by atoms with Crippen molar-refractivity contribution in [2.24, 2.45) is 0 Å². The summed E-state index contributed by atoms with van der Waals surface area (Å²) in [6.45, 7) is 1.52. The monoisotopic (exact) mass is 246 g/mol. The quantitative estimate of drug-likeness (QED) is 0.696. The molecule has 0 aliphatic heterocycles. The molecular weight excluding hydrogens is 232 g/mol. The van der Waals surface area contributed by atoms with Gasteiger partial charge in [-0.25, -0.2) is 9.97 Å². The number of aliphatic hydroxyl groups excluding tert-OH is 1. The van der Waals surface area contributed by atoms with Gasteiger partial charge in [0.25, 0.3) is 0 Å². The van der Waals surface area contributed by atoms with E-state index in [-0.39, 0.29) is 11.8 Å². The number of methoxy groups -OCH3 is 1. The molecule has 0 atom stereocenters. The highest BCUT2D eigenvalue weighted by atomic mass is 35.5. The number of nitrogens with zero attached hydrogens (tertiary/aromatic N) is 3. The van der Waals surface area contributed by atoms with Crippen molar-refractivity contribution in [3.8, 4) is 0 Å². The fourth-order valence-corrected chi connectivity index (χ4v) is 1.39. The van der Waals surface area contributed by atoms with Crippen LogP contribution in [0.5, 0.6) is 0 Å². The van der Waals surface area contributed by atoms with Crippen molar-refractivity contribution in [1.29, 1.82) is 0 Å². The Balaban J connectivity index is 2.86. The molecule has 3 N–H and O–H groups in total. The number of rotatable bonds is 6. The van der Waals surface area contributed by atoms with Crippen LogP contribution in [0.1, 0.15) is 0 Å². The van der Waals surface area contributed by atoms with E-state index in [4.69, 9.17) is 27.2 Å². The van der Waals surface area contributed by atoms with E-state index in [1.807, 2.05) is 0 Å². The summed E-state index contributed by atoms with van der Waals surface area (Å²) < 4.78 is 4.97. The molecule has 16 heavy (non-hydrogen) atoms. The van der Waals surface area contributed by atoms with Gasteiger partial charge in [0, 0.05) is 20.2 Å². The van der Waals surface area contributed by atoms with Crippen molar-refractivity contribution in [3.05, 3.63) is 11.5 Å². The topological polar surface area (TPSA) is 84.5 Å². The molecule has 0 spiro atoms. The van der Waals surface area contributed by atoms with Crippen LogP contribution in [0.15, 0.2) is 6.33 Å². The Morgan fingerprint density at radius 3 is 2.88 bits per heavy atom. The molecule has 0 aromatic carbocycles. The molecule has 0 aliphatic rings. The largest absolute Gasteiger partial charge is 0.395 e. The summed E-state index contributed by atoms with van der Waals surface area (Å²) in [5.41, 5.74) is 6.08. The van der Waals surface area contributed by atoms with E-state index in [9.17, 15) is 0 Å². The van der Waals surface area contributed by atoms with E-state index in [0.717, 1.165) is 0 Å². The number of anilines is 2. The SMILES string of the molecule is COCCN(CCO)c1ncnc(Cl)c1N. The van der Waals surface area contributed by atoms with Crippen molar-refractivity contribution in [1.82, 2.24) is 9.97 Å². The third-order valence-electron chi connectivity index (χ3n) is 2.05. The molecule has 90 valence electrons. The van der Waals surface area contributed by atoms with E-state index in [2.05, 4.69) is 9.97 Å². The van der Waals surface area contributed by atoms with Gasteiger partial charge < -0.3 is 20.5 Å². The van der Waals surface area contributed by atoms with Gasteiger partial charge in [-0.15, -0.1) is 0 Å².